The second kappa shape index (κ2) is 9.14. The summed E-state index contributed by atoms with van der Waals surface area (Å²) in [6, 6.07) is 35.8. The van der Waals surface area contributed by atoms with E-state index in [0.717, 1.165) is 33.6 Å². The lowest BCUT2D eigenvalue weighted by Gasteiger charge is -2.18. The van der Waals surface area contributed by atoms with Gasteiger partial charge < -0.3 is 14.2 Å². The van der Waals surface area contributed by atoms with Gasteiger partial charge in [-0.2, -0.15) is 0 Å². The van der Waals surface area contributed by atoms with Crippen LogP contribution in [0.5, 0.6) is 0 Å². The zero-order valence-electron chi connectivity index (χ0n) is 20.6. The second-order valence-electron chi connectivity index (χ2n) is 9.50. The lowest BCUT2D eigenvalue weighted by atomic mass is 9.98. The smallest absolute Gasteiger partial charge is 0.106 e. The van der Waals surface area contributed by atoms with E-state index < -0.39 is 6.10 Å². The van der Waals surface area contributed by atoms with Gasteiger partial charge in [-0.15, -0.1) is 0 Å². The van der Waals surface area contributed by atoms with Crippen molar-refractivity contribution in [1.29, 1.82) is 0 Å². The fourth-order valence-corrected chi connectivity index (χ4v) is 5.36. The second-order valence-corrected chi connectivity index (χ2v) is 9.50. The molecule has 0 saturated carbocycles. The van der Waals surface area contributed by atoms with Crippen molar-refractivity contribution in [2.24, 2.45) is 0 Å². The molecule has 6 aromatic rings. The maximum atomic E-state index is 11.5. The van der Waals surface area contributed by atoms with Crippen molar-refractivity contribution >= 4 is 21.9 Å². The van der Waals surface area contributed by atoms with Gasteiger partial charge in [0.15, 0.2) is 0 Å². The van der Waals surface area contributed by atoms with E-state index in [1.165, 1.54) is 22.1 Å². The molecular weight excluding hydrogens is 442 g/mol. The van der Waals surface area contributed by atoms with Crippen LogP contribution >= 0.6 is 0 Å². The highest BCUT2D eigenvalue weighted by atomic mass is 16.3. The number of imidazole rings is 1. The van der Waals surface area contributed by atoms with E-state index in [4.69, 9.17) is 0 Å². The van der Waals surface area contributed by atoms with Gasteiger partial charge in [-0.05, 0) is 49.2 Å². The zero-order chi connectivity index (χ0) is 24.6. The zero-order valence-corrected chi connectivity index (χ0v) is 20.6. The van der Waals surface area contributed by atoms with Gasteiger partial charge in [0, 0.05) is 16.5 Å². The van der Waals surface area contributed by atoms with Crippen LogP contribution in [0.1, 0.15) is 11.4 Å². The molecule has 0 bridgehead atoms. The van der Waals surface area contributed by atoms with Gasteiger partial charge in [0.2, 0.25) is 0 Å². The molecular formula is C32H29N3O. The number of hydrogen-bond donors (Lipinski definition) is 1. The highest BCUT2D eigenvalue weighted by molar-refractivity contribution is 6.04. The van der Waals surface area contributed by atoms with E-state index >= 15 is 0 Å². The van der Waals surface area contributed by atoms with Gasteiger partial charge in [-0.3, -0.25) is 0 Å². The minimum Gasteiger partial charge on any atom is -0.389 e. The number of aliphatic hydroxyl groups excluding tert-OH is 1. The van der Waals surface area contributed by atoms with Crippen LogP contribution in [0.4, 0.5) is 0 Å². The Morgan fingerprint density at radius 3 is 2.08 bits per heavy atom. The predicted molar refractivity (Wildman–Crippen MR) is 148 cm³/mol. The van der Waals surface area contributed by atoms with Crippen LogP contribution in [0.15, 0.2) is 103 Å². The molecule has 178 valence electrons. The number of aromatic nitrogens is 3. The fourth-order valence-electron chi connectivity index (χ4n) is 5.36. The molecule has 2 heterocycles. The van der Waals surface area contributed by atoms with Crippen LogP contribution in [0.25, 0.3) is 44.3 Å². The van der Waals surface area contributed by atoms with Gasteiger partial charge in [-0.25, -0.2) is 4.98 Å². The van der Waals surface area contributed by atoms with E-state index in [1.54, 1.807) is 0 Å². The van der Waals surface area contributed by atoms with Crippen LogP contribution < -0.4 is 0 Å². The van der Waals surface area contributed by atoms with Crippen molar-refractivity contribution in [2.45, 2.75) is 33.0 Å². The molecule has 0 spiro atoms. The summed E-state index contributed by atoms with van der Waals surface area (Å²) in [5.74, 6) is 0.913. The normalized spacial score (nSPS) is 12.4. The number of aryl methyl sites for hydroxylation is 2. The Bertz CT molecular complexity index is 1660. The molecule has 4 aromatic carbocycles. The third kappa shape index (κ3) is 3.90. The van der Waals surface area contributed by atoms with E-state index in [-0.39, 0.29) is 0 Å². The van der Waals surface area contributed by atoms with Crippen molar-refractivity contribution in [1.82, 2.24) is 14.1 Å². The standard InChI is InChI=1S/C32H29N3O/c1-22-17-18-29-27(19-22)31(24-11-5-3-6-12-24)32(25-13-7-4-8-14-25)35(29)21-26(36)20-34-23(2)33-28-15-9-10-16-30(28)34/h3-19,26,36H,20-21H2,1-2H3. The van der Waals surface area contributed by atoms with E-state index in [2.05, 4.69) is 99.9 Å². The third-order valence-electron chi connectivity index (χ3n) is 6.96. The molecule has 1 atom stereocenters. The lowest BCUT2D eigenvalue weighted by molar-refractivity contribution is 0.137. The molecule has 4 heteroatoms. The minimum atomic E-state index is -0.593. The summed E-state index contributed by atoms with van der Waals surface area (Å²) in [4.78, 5) is 4.69. The Morgan fingerprint density at radius 1 is 0.694 bits per heavy atom. The first-order valence-electron chi connectivity index (χ1n) is 12.4. The molecule has 2 aromatic heterocycles. The molecule has 0 radical (unpaired) electrons. The topological polar surface area (TPSA) is 43.0 Å². The SMILES string of the molecule is Cc1ccc2c(c1)c(-c1ccccc1)c(-c1ccccc1)n2CC(O)Cn1c(C)nc2ccccc21. The first-order chi connectivity index (χ1) is 17.6. The summed E-state index contributed by atoms with van der Waals surface area (Å²) in [5.41, 5.74) is 9.02. The summed E-state index contributed by atoms with van der Waals surface area (Å²) in [7, 11) is 0. The van der Waals surface area contributed by atoms with Crippen LogP contribution in [-0.4, -0.2) is 25.3 Å². The summed E-state index contributed by atoms with van der Waals surface area (Å²) in [6.45, 7) is 5.09. The Hall–Kier alpha value is -4.15. The molecule has 0 amide bonds. The third-order valence-corrected chi connectivity index (χ3v) is 6.96. The highest BCUT2D eigenvalue weighted by Gasteiger charge is 2.22. The monoisotopic (exact) mass is 471 g/mol. The minimum absolute atomic E-state index is 0.475. The number of benzene rings is 4. The highest BCUT2D eigenvalue weighted by Crippen LogP contribution is 2.41. The van der Waals surface area contributed by atoms with Crippen LogP contribution in [0.3, 0.4) is 0 Å². The van der Waals surface area contributed by atoms with Crippen molar-refractivity contribution in [3.8, 4) is 22.4 Å². The van der Waals surface area contributed by atoms with Crippen molar-refractivity contribution in [2.75, 3.05) is 0 Å². The van der Waals surface area contributed by atoms with Crippen molar-refractivity contribution in [3.63, 3.8) is 0 Å². The van der Waals surface area contributed by atoms with E-state index in [9.17, 15) is 5.11 Å². The van der Waals surface area contributed by atoms with Crippen molar-refractivity contribution in [3.05, 3.63) is 115 Å². The van der Waals surface area contributed by atoms with Gasteiger partial charge in [0.25, 0.3) is 0 Å². The predicted octanol–water partition coefficient (Wildman–Crippen LogP) is 7.00. The average Bonchev–Trinajstić information content (AvgIpc) is 3.38. The van der Waals surface area contributed by atoms with Gasteiger partial charge in [-0.1, -0.05) is 84.4 Å². The Morgan fingerprint density at radius 2 is 1.33 bits per heavy atom. The number of para-hydroxylation sites is 2. The quantitative estimate of drug-likeness (QED) is 0.284. The van der Waals surface area contributed by atoms with Crippen molar-refractivity contribution < 1.29 is 5.11 Å². The van der Waals surface area contributed by atoms with Crippen LogP contribution in [0, 0.1) is 13.8 Å². The fraction of sp³-hybridized carbons (Fsp3) is 0.156. The summed E-state index contributed by atoms with van der Waals surface area (Å²) in [6.07, 6.45) is -0.593. The molecule has 6 rings (SSSR count). The molecule has 4 nitrogen and oxygen atoms in total. The molecule has 0 fully saturated rings. The Balaban J connectivity index is 1.51. The maximum absolute atomic E-state index is 11.5. The maximum Gasteiger partial charge on any atom is 0.106 e. The Kier molecular flexibility index (Phi) is 5.67. The number of fused-ring (bicyclic) bond motifs is 2. The Labute approximate surface area is 211 Å². The molecule has 1 N–H and O–H groups in total. The lowest BCUT2D eigenvalue weighted by Crippen LogP contribution is -2.23. The first kappa shape index (κ1) is 22.3. The first-order valence-corrected chi connectivity index (χ1v) is 12.4. The van der Waals surface area contributed by atoms with Gasteiger partial charge in [0.05, 0.1) is 35.9 Å². The molecule has 36 heavy (non-hydrogen) atoms. The summed E-state index contributed by atoms with van der Waals surface area (Å²) in [5, 5.41) is 12.7. The van der Waals surface area contributed by atoms with Crippen LogP contribution in [0.2, 0.25) is 0 Å². The molecule has 1 unspecified atom stereocenters. The van der Waals surface area contributed by atoms with Crippen LogP contribution in [-0.2, 0) is 13.1 Å². The average molecular weight is 472 g/mol. The molecule has 0 aliphatic heterocycles. The van der Waals surface area contributed by atoms with E-state index in [1.807, 2.05) is 31.2 Å². The number of nitrogens with zero attached hydrogens (tertiary/aromatic N) is 3. The number of rotatable bonds is 6. The molecule has 0 saturated heterocycles. The van der Waals surface area contributed by atoms with Gasteiger partial charge in [0.1, 0.15) is 5.82 Å². The summed E-state index contributed by atoms with van der Waals surface area (Å²) < 4.78 is 4.42. The molecule has 0 aliphatic carbocycles. The largest absolute Gasteiger partial charge is 0.389 e. The molecule has 0 aliphatic rings. The number of hydrogen-bond acceptors (Lipinski definition) is 2. The summed E-state index contributed by atoms with van der Waals surface area (Å²) >= 11 is 0. The van der Waals surface area contributed by atoms with E-state index in [0.29, 0.717) is 13.1 Å². The number of aliphatic hydroxyl groups is 1. The van der Waals surface area contributed by atoms with Gasteiger partial charge >= 0.3 is 0 Å².